The van der Waals surface area contributed by atoms with E-state index in [0.29, 0.717) is 44.3 Å². The molecule has 1 aliphatic carbocycles. The van der Waals surface area contributed by atoms with Crippen molar-refractivity contribution in [3.05, 3.63) is 65.4 Å². The monoisotopic (exact) mass is 532 g/mol. The lowest BCUT2D eigenvalue weighted by Crippen LogP contribution is -2.33. The van der Waals surface area contributed by atoms with Gasteiger partial charge in [0, 0.05) is 55.7 Å². The molecule has 0 spiro atoms. The number of hydrogen-bond donors (Lipinski definition) is 1. The average molecular weight is 533 g/mol. The summed E-state index contributed by atoms with van der Waals surface area (Å²) in [5, 5.41) is 8.11. The van der Waals surface area contributed by atoms with Gasteiger partial charge in [0.2, 0.25) is 5.91 Å². The number of aromatic nitrogens is 4. The summed E-state index contributed by atoms with van der Waals surface area (Å²) in [5.41, 5.74) is 4.60. The largest absolute Gasteiger partial charge is 0.380 e. The van der Waals surface area contributed by atoms with Crippen LogP contribution in [0.3, 0.4) is 0 Å². The van der Waals surface area contributed by atoms with Crippen molar-refractivity contribution >= 4 is 28.3 Å². The molecule has 0 radical (unpaired) electrons. The van der Waals surface area contributed by atoms with Gasteiger partial charge in [-0.1, -0.05) is 11.3 Å². The molecule has 1 fully saturated rings. The van der Waals surface area contributed by atoms with Crippen molar-refractivity contribution in [1.29, 1.82) is 0 Å². The Balaban J connectivity index is 1.45. The molecule has 4 heterocycles. The zero-order valence-electron chi connectivity index (χ0n) is 20.7. The van der Waals surface area contributed by atoms with E-state index in [0.717, 1.165) is 39.5 Å². The van der Waals surface area contributed by atoms with Crippen LogP contribution in [0.25, 0.3) is 27.5 Å². The number of fused-ring (bicyclic) bond motifs is 3. The average Bonchev–Trinajstić information content (AvgIpc) is 3.38. The van der Waals surface area contributed by atoms with Gasteiger partial charge in [-0.15, -0.1) is 0 Å². The van der Waals surface area contributed by atoms with Crippen molar-refractivity contribution in [3.63, 3.8) is 0 Å². The Morgan fingerprint density at radius 2 is 2.05 bits per heavy atom. The molecule has 1 aromatic carbocycles. The maximum Gasteiger partial charge on any atom is 0.254 e. The van der Waals surface area contributed by atoms with Crippen LogP contribution in [0.2, 0.25) is 0 Å². The van der Waals surface area contributed by atoms with E-state index in [2.05, 4.69) is 15.3 Å². The van der Waals surface area contributed by atoms with E-state index >= 15 is 4.39 Å². The molecule has 11 heteroatoms. The Labute approximate surface area is 222 Å². The first-order valence-corrected chi connectivity index (χ1v) is 13.3. The summed E-state index contributed by atoms with van der Waals surface area (Å²) in [6.07, 6.45) is 5.51. The molecule has 4 aromatic rings. The summed E-state index contributed by atoms with van der Waals surface area (Å²) < 4.78 is 22.8. The van der Waals surface area contributed by atoms with Crippen LogP contribution in [0.15, 0.2) is 42.7 Å². The standard InChI is InChI=1S/C27H25FN6O3S/c1-16(35)30-27-31-21-7-6-19-23(18-4-2-9-29-15-18)32-34(24(19)25(21)38-27)22-8-5-17(14-20(22)28)26(36)33-10-3-12-37-13-11-33/h2,4-5,8-9,14-15H,3,6-7,10-13H2,1H3,(H,30,31,35). The first-order chi connectivity index (χ1) is 18.5. The molecule has 1 saturated heterocycles. The summed E-state index contributed by atoms with van der Waals surface area (Å²) in [6, 6.07) is 8.28. The summed E-state index contributed by atoms with van der Waals surface area (Å²) in [7, 11) is 0. The van der Waals surface area contributed by atoms with E-state index in [9.17, 15) is 9.59 Å². The highest BCUT2D eigenvalue weighted by molar-refractivity contribution is 7.19. The first kappa shape index (κ1) is 24.4. The maximum atomic E-state index is 15.7. The molecule has 1 aliphatic heterocycles. The van der Waals surface area contributed by atoms with Gasteiger partial charge in [0.05, 0.1) is 28.6 Å². The Hall–Kier alpha value is -3.96. The molecule has 0 saturated carbocycles. The lowest BCUT2D eigenvalue weighted by Gasteiger charge is -2.20. The van der Waals surface area contributed by atoms with Crippen LogP contribution in [-0.2, 0) is 22.4 Å². The lowest BCUT2D eigenvalue weighted by molar-refractivity contribution is -0.114. The molecule has 1 N–H and O–H groups in total. The summed E-state index contributed by atoms with van der Waals surface area (Å²) in [5.74, 6) is -0.976. The molecule has 2 aliphatic rings. The second-order valence-corrected chi connectivity index (χ2v) is 10.2. The van der Waals surface area contributed by atoms with Crippen molar-refractivity contribution in [2.45, 2.75) is 26.2 Å². The number of rotatable bonds is 4. The summed E-state index contributed by atoms with van der Waals surface area (Å²) in [6.45, 7) is 3.58. The number of carbonyl (C=O) groups excluding carboxylic acids is 2. The van der Waals surface area contributed by atoms with Gasteiger partial charge in [-0.25, -0.2) is 14.1 Å². The van der Waals surface area contributed by atoms with Crippen LogP contribution in [-0.4, -0.2) is 62.8 Å². The SMILES string of the molecule is CC(=O)Nc1nc2c(s1)-c1c(c(-c3cccnc3)nn1-c1ccc(C(=O)N3CCCOCC3)cc1F)CC2. The van der Waals surface area contributed by atoms with E-state index in [1.54, 1.807) is 34.1 Å². The van der Waals surface area contributed by atoms with Crippen molar-refractivity contribution in [1.82, 2.24) is 24.6 Å². The number of amides is 2. The van der Waals surface area contributed by atoms with E-state index < -0.39 is 5.82 Å². The number of ether oxygens (including phenoxy) is 1. The van der Waals surface area contributed by atoms with Gasteiger partial charge in [-0.2, -0.15) is 5.10 Å². The number of halogens is 1. The van der Waals surface area contributed by atoms with Crippen LogP contribution in [0.1, 0.15) is 35.0 Å². The second kappa shape index (κ2) is 10.1. The quantitative estimate of drug-likeness (QED) is 0.424. The van der Waals surface area contributed by atoms with E-state index in [4.69, 9.17) is 9.84 Å². The highest BCUT2D eigenvalue weighted by Gasteiger charge is 2.31. The molecule has 9 nitrogen and oxygen atoms in total. The van der Waals surface area contributed by atoms with Gasteiger partial charge in [0.25, 0.3) is 5.91 Å². The minimum atomic E-state index is -0.552. The number of carbonyl (C=O) groups is 2. The molecule has 3 aromatic heterocycles. The van der Waals surface area contributed by atoms with Crippen molar-refractivity contribution < 1.29 is 18.7 Å². The molecule has 194 valence electrons. The second-order valence-electron chi connectivity index (χ2n) is 9.23. The molecule has 6 rings (SSSR count). The fourth-order valence-electron chi connectivity index (χ4n) is 4.93. The van der Waals surface area contributed by atoms with Crippen molar-refractivity contribution in [2.24, 2.45) is 0 Å². The number of nitrogens with one attached hydrogen (secondary N) is 1. The smallest absolute Gasteiger partial charge is 0.254 e. The van der Waals surface area contributed by atoms with Gasteiger partial charge in [-0.3, -0.25) is 14.6 Å². The first-order valence-electron chi connectivity index (χ1n) is 12.5. The Bertz CT molecular complexity index is 1530. The zero-order chi connectivity index (χ0) is 26.2. The molecule has 38 heavy (non-hydrogen) atoms. The third-order valence-corrected chi connectivity index (χ3v) is 7.68. The highest BCUT2D eigenvalue weighted by Crippen LogP contribution is 2.44. The van der Waals surface area contributed by atoms with Crippen molar-refractivity contribution in [2.75, 3.05) is 31.6 Å². The van der Waals surface area contributed by atoms with Crippen LogP contribution in [0.4, 0.5) is 9.52 Å². The molecular formula is C27H25FN6O3S. The topological polar surface area (TPSA) is 102 Å². The fraction of sp³-hybridized carbons (Fsp3) is 0.296. The van der Waals surface area contributed by atoms with E-state index in [1.807, 2.05) is 12.1 Å². The van der Waals surface area contributed by atoms with Crippen molar-refractivity contribution in [3.8, 4) is 27.5 Å². The summed E-state index contributed by atoms with van der Waals surface area (Å²) >= 11 is 1.34. The Kier molecular flexibility index (Phi) is 6.46. The number of hydrogen-bond acceptors (Lipinski definition) is 7. The van der Waals surface area contributed by atoms with Gasteiger partial charge < -0.3 is 15.0 Å². The molecule has 0 atom stereocenters. The van der Waals surface area contributed by atoms with Gasteiger partial charge in [-0.05, 0) is 49.6 Å². The normalized spacial score (nSPS) is 14.9. The number of pyridine rings is 1. The molecule has 0 bridgehead atoms. The number of aryl methyl sites for hydroxylation is 1. The predicted molar refractivity (Wildman–Crippen MR) is 141 cm³/mol. The maximum absolute atomic E-state index is 15.7. The molecular weight excluding hydrogens is 507 g/mol. The van der Waals surface area contributed by atoms with Gasteiger partial charge >= 0.3 is 0 Å². The van der Waals surface area contributed by atoms with E-state index in [1.165, 1.54) is 24.3 Å². The molecule has 0 unspecified atom stereocenters. The predicted octanol–water partition coefficient (Wildman–Crippen LogP) is 4.12. The Morgan fingerprint density at radius 3 is 2.84 bits per heavy atom. The number of thiazole rings is 1. The zero-order valence-corrected chi connectivity index (χ0v) is 21.6. The lowest BCUT2D eigenvalue weighted by atomic mass is 9.95. The van der Waals surface area contributed by atoms with Crippen LogP contribution in [0.5, 0.6) is 0 Å². The van der Waals surface area contributed by atoms with Gasteiger partial charge in [0.1, 0.15) is 11.5 Å². The van der Waals surface area contributed by atoms with Crippen LogP contribution in [0, 0.1) is 5.82 Å². The Morgan fingerprint density at radius 1 is 1.16 bits per heavy atom. The fourth-order valence-corrected chi connectivity index (χ4v) is 6.04. The summed E-state index contributed by atoms with van der Waals surface area (Å²) in [4.78, 5) is 36.1. The number of nitrogens with zero attached hydrogens (tertiary/aromatic N) is 5. The minimum Gasteiger partial charge on any atom is -0.380 e. The minimum absolute atomic E-state index is 0.205. The van der Waals surface area contributed by atoms with Crippen LogP contribution < -0.4 is 5.32 Å². The van der Waals surface area contributed by atoms with Crippen LogP contribution >= 0.6 is 11.3 Å². The van der Waals surface area contributed by atoms with E-state index in [-0.39, 0.29) is 23.1 Å². The molecule has 2 amide bonds. The van der Waals surface area contributed by atoms with Gasteiger partial charge in [0.15, 0.2) is 5.13 Å². The number of anilines is 1. The highest BCUT2D eigenvalue weighted by atomic mass is 32.1. The third-order valence-electron chi connectivity index (χ3n) is 6.66. The number of benzene rings is 1. The third kappa shape index (κ3) is 4.48.